The maximum Gasteiger partial charge on any atom is 0.282 e. The summed E-state index contributed by atoms with van der Waals surface area (Å²) in [6, 6.07) is 7.79. The zero-order chi connectivity index (χ0) is 22.3. The number of nitrogens with zero attached hydrogens (tertiary/aromatic N) is 4. The molecule has 2 aromatic heterocycles. The smallest absolute Gasteiger partial charge is 0.282 e. The Hall–Kier alpha value is -2.27. The quantitative estimate of drug-likeness (QED) is 0.548. The first-order valence-electron chi connectivity index (χ1n) is 10.9. The van der Waals surface area contributed by atoms with Gasteiger partial charge in [0.2, 0.25) is 0 Å². The van der Waals surface area contributed by atoms with Crippen LogP contribution in [0.2, 0.25) is 0 Å². The number of benzene rings is 1. The molecule has 4 heterocycles. The van der Waals surface area contributed by atoms with E-state index in [-0.39, 0.29) is 5.56 Å². The lowest BCUT2D eigenvalue weighted by Crippen LogP contribution is -2.44. The van der Waals surface area contributed by atoms with Gasteiger partial charge in [-0.3, -0.25) is 9.36 Å². The molecule has 0 amide bonds. The highest BCUT2D eigenvalue weighted by Gasteiger charge is 2.35. The molecule has 0 saturated carbocycles. The Morgan fingerprint density at radius 2 is 1.91 bits per heavy atom. The Morgan fingerprint density at radius 3 is 2.69 bits per heavy atom. The average molecular weight is 475 g/mol. The summed E-state index contributed by atoms with van der Waals surface area (Å²) < 4.78 is 36.1. The summed E-state index contributed by atoms with van der Waals surface area (Å²) >= 11 is 1.44. The van der Waals surface area contributed by atoms with Crippen molar-refractivity contribution >= 4 is 31.8 Å². The summed E-state index contributed by atoms with van der Waals surface area (Å²) in [6.07, 6.45) is 4.63. The van der Waals surface area contributed by atoms with Crippen molar-refractivity contribution in [3.63, 3.8) is 0 Å². The SMILES string of the molecule is COc1ccccc1CCn1cnc2sc3c(c2c1=O)CCN(S(=O)(=O)N1CCCC1)C3. The Labute approximate surface area is 191 Å². The molecule has 0 bridgehead atoms. The van der Waals surface area contributed by atoms with Gasteiger partial charge in [-0.1, -0.05) is 18.2 Å². The van der Waals surface area contributed by atoms with Crippen LogP contribution in [0, 0.1) is 0 Å². The van der Waals surface area contributed by atoms with Crippen molar-refractivity contribution < 1.29 is 13.2 Å². The van der Waals surface area contributed by atoms with Gasteiger partial charge in [0, 0.05) is 37.6 Å². The molecular formula is C22H26N4O4S2. The highest BCUT2D eigenvalue weighted by molar-refractivity contribution is 7.86. The number of aromatic nitrogens is 2. The van der Waals surface area contributed by atoms with Crippen LogP contribution >= 0.6 is 11.3 Å². The van der Waals surface area contributed by atoms with Gasteiger partial charge >= 0.3 is 0 Å². The number of hydrogen-bond acceptors (Lipinski definition) is 6. The van der Waals surface area contributed by atoms with Gasteiger partial charge in [-0.15, -0.1) is 11.3 Å². The zero-order valence-electron chi connectivity index (χ0n) is 18.0. The molecule has 0 aliphatic carbocycles. The van der Waals surface area contributed by atoms with Crippen LogP contribution in [0.25, 0.3) is 10.2 Å². The van der Waals surface area contributed by atoms with Crippen LogP contribution < -0.4 is 10.3 Å². The Balaban J connectivity index is 1.41. The lowest BCUT2D eigenvalue weighted by Gasteiger charge is -2.29. The van der Waals surface area contributed by atoms with E-state index in [1.807, 2.05) is 24.3 Å². The molecule has 0 atom stereocenters. The minimum atomic E-state index is -3.45. The molecule has 0 N–H and O–H groups in total. The Morgan fingerprint density at radius 1 is 1.12 bits per heavy atom. The van der Waals surface area contributed by atoms with Crippen molar-refractivity contribution in [1.82, 2.24) is 18.2 Å². The minimum Gasteiger partial charge on any atom is -0.496 e. The highest BCUT2D eigenvalue weighted by atomic mass is 32.2. The van der Waals surface area contributed by atoms with Gasteiger partial charge in [-0.25, -0.2) is 4.98 Å². The molecule has 1 fully saturated rings. The summed E-state index contributed by atoms with van der Waals surface area (Å²) in [4.78, 5) is 19.4. The minimum absolute atomic E-state index is 0.0572. The number of fused-ring (bicyclic) bond motifs is 3. The predicted octanol–water partition coefficient (Wildman–Crippen LogP) is 2.41. The van der Waals surface area contributed by atoms with Crippen molar-refractivity contribution in [2.45, 2.75) is 38.8 Å². The fraction of sp³-hybridized carbons (Fsp3) is 0.455. The summed E-state index contributed by atoms with van der Waals surface area (Å²) in [5.74, 6) is 0.807. The molecule has 2 aliphatic heterocycles. The third-order valence-corrected chi connectivity index (χ3v) is 9.43. The molecule has 10 heteroatoms. The van der Waals surface area contributed by atoms with Gasteiger partial charge in [0.05, 0.1) is 18.8 Å². The number of thiophene rings is 1. The number of methoxy groups -OCH3 is 1. The van der Waals surface area contributed by atoms with Crippen molar-refractivity contribution in [3.05, 3.63) is 57.0 Å². The maximum absolute atomic E-state index is 13.3. The Kier molecular flexibility index (Phi) is 5.79. The van der Waals surface area contributed by atoms with E-state index < -0.39 is 10.2 Å². The maximum atomic E-state index is 13.3. The van der Waals surface area contributed by atoms with E-state index in [0.717, 1.165) is 34.6 Å². The molecule has 2 aliphatic rings. The van der Waals surface area contributed by atoms with Crippen LogP contribution in [0.5, 0.6) is 5.75 Å². The first-order valence-corrected chi connectivity index (χ1v) is 13.1. The molecule has 1 aromatic carbocycles. The predicted molar refractivity (Wildman–Crippen MR) is 124 cm³/mol. The molecule has 1 saturated heterocycles. The second-order valence-corrected chi connectivity index (χ2v) is 11.2. The van der Waals surface area contributed by atoms with E-state index in [1.165, 1.54) is 11.3 Å². The van der Waals surface area contributed by atoms with Crippen molar-refractivity contribution in [2.24, 2.45) is 0 Å². The zero-order valence-corrected chi connectivity index (χ0v) is 19.6. The summed E-state index contributed by atoms with van der Waals surface area (Å²) in [5.41, 5.74) is 1.94. The summed E-state index contributed by atoms with van der Waals surface area (Å²) in [7, 11) is -1.81. The second kappa shape index (κ2) is 8.58. The number of rotatable bonds is 6. The molecule has 32 heavy (non-hydrogen) atoms. The van der Waals surface area contributed by atoms with E-state index >= 15 is 0 Å². The molecule has 8 nitrogen and oxygen atoms in total. The largest absolute Gasteiger partial charge is 0.496 e. The molecule has 170 valence electrons. The lowest BCUT2D eigenvalue weighted by molar-refractivity contribution is 0.349. The van der Waals surface area contributed by atoms with Gasteiger partial charge < -0.3 is 4.74 Å². The van der Waals surface area contributed by atoms with Crippen LogP contribution in [-0.2, 0) is 36.1 Å². The number of hydrogen-bond donors (Lipinski definition) is 0. The molecule has 0 radical (unpaired) electrons. The summed E-state index contributed by atoms with van der Waals surface area (Å²) in [6.45, 7) is 2.40. The third-order valence-electron chi connectivity index (χ3n) is 6.32. The van der Waals surface area contributed by atoms with Gasteiger partial charge in [0.25, 0.3) is 15.8 Å². The molecule has 0 unspecified atom stereocenters. The fourth-order valence-corrected chi connectivity index (χ4v) is 7.52. The van der Waals surface area contributed by atoms with Gasteiger partial charge in [0.1, 0.15) is 10.6 Å². The van der Waals surface area contributed by atoms with Gasteiger partial charge in [-0.05, 0) is 42.9 Å². The molecular weight excluding hydrogens is 448 g/mol. The highest BCUT2D eigenvalue weighted by Crippen LogP contribution is 2.34. The monoisotopic (exact) mass is 474 g/mol. The standard InChI is InChI=1S/C22H26N4O4S2/c1-30-18-7-3-2-6-16(18)8-12-24-15-23-21-20(22(24)27)17-9-13-26(14-19(17)31-21)32(28,29)25-10-4-5-11-25/h2-3,6-7,15H,4-5,8-14H2,1H3. The van der Waals surface area contributed by atoms with Crippen LogP contribution in [0.3, 0.4) is 0 Å². The van der Waals surface area contributed by atoms with E-state index in [0.29, 0.717) is 55.8 Å². The van der Waals surface area contributed by atoms with Crippen LogP contribution in [0.1, 0.15) is 28.8 Å². The molecule has 3 aromatic rings. The van der Waals surface area contributed by atoms with Gasteiger partial charge in [0.15, 0.2) is 0 Å². The second-order valence-electron chi connectivity index (χ2n) is 8.19. The fourth-order valence-electron chi connectivity index (χ4n) is 4.58. The van der Waals surface area contributed by atoms with E-state index in [2.05, 4.69) is 4.98 Å². The summed E-state index contributed by atoms with van der Waals surface area (Å²) in [5, 5.41) is 0.644. The van der Waals surface area contributed by atoms with Crippen molar-refractivity contribution in [1.29, 1.82) is 0 Å². The van der Waals surface area contributed by atoms with Crippen molar-refractivity contribution in [3.8, 4) is 5.75 Å². The van der Waals surface area contributed by atoms with E-state index in [4.69, 9.17) is 4.74 Å². The van der Waals surface area contributed by atoms with Crippen LogP contribution in [0.15, 0.2) is 35.4 Å². The topological polar surface area (TPSA) is 84.7 Å². The molecule has 0 spiro atoms. The van der Waals surface area contributed by atoms with E-state index in [1.54, 1.807) is 26.6 Å². The van der Waals surface area contributed by atoms with Crippen LogP contribution in [0.4, 0.5) is 0 Å². The first kappa shape index (κ1) is 21.6. The first-order chi connectivity index (χ1) is 15.5. The normalized spacial score (nSPS) is 17.7. The third kappa shape index (κ3) is 3.75. The van der Waals surface area contributed by atoms with Crippen LogP contribution in [-0.4, -0.2) is 53.3 Å². The van der Waals surface area contributed by atoms with Gasteiger partial charge in [-0.2, -0.15) is 17.0 Å². The van der Waals surface area contributed by atoms with Crippen molar-refractivity contribution in [2.75, 3.05) is 26.7 Å². The van der Waals surface area contributed by atoms with E-state index in [9.17, 15) is 13.2 Å². The molecule has 5 rings (SSSR count). The number of ether oxygens (including phenoxy) is 1. The lowest BCUT2D eigenvalue weighted by atomic mass is 10.1. The number of para-hydroxylation sites is 1. The average Bonchev–Trinajstić information content (AvgIpc) is 3.47. The number of aryl methyl sites for hydroxylation is 2. The Bertz CT molecular complexity index is 1310.